The van der Waals surface area contributed by atoms with Crippen molar-refractivity contribution in [3.8, 4) is 0 Å². The molecule has 26 heavy (non-hydrogen) atoms. The van der Waals surface area contributed by atoms with Crippen LogP contribution in [0.5, 0.6) is 0 Å². The van der Waals surface area contributed by atoms with Gasteiger partial charge in [0.1, 0.15) is 0 Å². The highest BCUT2D eigenvalue weighted by Gasteiger charge is 2.22. The summed E-state index contributed by atoms with van der Waals surface area (Å²) in [6.45, 7) is 3.66. The topological polar surface area (TPSA) is 36.4 Å². The molecule has 3 rings (SSSR count). The molecule has 3 aromatic rings. The Hall–Kier alpha value is -1.51. The number of nitrogens with zero attached hydrogens (tertiary/aromatic N) is 3. The molecule has 0 aliphatic rings. The fraction of sp³-hybridized carbons (Fsp3) is 0.300. The van der Waals surface area contributed by atoms with Gasteiger partial charge in [0, 0.05) is 10.1 Å². The number of carbonyl (C=O) groups excluding carboxylic acids is 1. The molecule has 0 fully saturated rings. The Bertz CT molecular complexity index is 922. The number of benzene rings is 2. The summed E-state index contributed by atoms with van der Waals surface area (Å²) in [5.74, 6) is 0.0181. The van der Waals surface area contributed by atoms with Crippen LogP contribution in [0.2, 0.25) is 0 Å². The van der Waals surface area contributed by atoms with Crippen molar-refractivity contribution in [3.05, 3.63) is 57.2 Å². The molecule has 6 heteroatoms. The van der Waals surface area contributed by atoms with Crippen LogP contribution in [0, 0.1) is 10.5 Å². The number of amides is 1. The number of thiazole rings is 1. The molecule has 0 atom stereocenters. The maximum absolute atomic E-state index is 13.3. The molecule has 1 amide bonds. The molecule has 0 aliphatic heterocycles. The monoisotopic (exact) mass is 479 g/mol. The quantitative estimate of drug-likeness (QED) is 0.477. The number of hydrogen-bond donors (Lipinski definition) is 0. The molecular formula is C20H22IN3OS. The molecular weight excluding hydrogens is 457 g/mol. The summed E-state index contributed by atoms with van der Waals surface area (Å²) in [5.41, 5.74) is 2.88. The zero-order valence-electron chi connectivity index (χ0n) is 15.2. The number of fused-ring (bicyclic) bond motifs is 1. The molecule has 2 aromatic carbocycles. The van der Waals surface area contributed by atoms with Crippen molar-refractivity contribution in [2.75, 3.05) is 32.1 Å². The fourth-order valence-electron chi connectivity index (χ4n) is 2.74. The predicted octanol–water partition coefficient (Wildman–Crippen LogP) is 4.81. The zero-order chi connectivity index (χ0) is 18.7. The van der Waals surface area contributed by atoms with Crippen molar-refractivity contribution < 1.29 is 4.79 Å². The molecule has 0 saturated carbocycles. The Morgan fingerprint density at radius 1 is 1.15 bits per heavy atom. The summed E-state index contributed by atoms with van der Waals surface area (Å²) in [5, 5.41) is 0.772. The lowest BCUT2D eigenvalue weighted by Crippen LogP contribution is -2.33. The molecule has 0 saturated heterocycles. The average Bonchev–Trinajstić information content (AvgIpc) is 3.01. The minimum absolute atomic E-state index is 0.0181. The van der Waals surface area contributed by atoms with Crippen LogP contribution in [0.3, 0.4) is 0 Å². The van der Waals surface area contributed by atoms with Gasteiger partial charge in [-0.15, -0.1) is 0 Å². The van der Waals surface area contributed by atoms with E-state index >= 15 is 0 Å². The van der Waals surface area contributed by atoms with Gasteiger partial charge in [0.2, 0.25) is 0 Å². The maximum atomic E-state index is 13.3. The van der Waals surface area contributed by atoms with Crippen molar-refractivity contribution in [3.63, 3.8) is 0 Å². The van der Waals surface area contributed by atoms with Crippen LogP contribution in [-0.4, -0.2) is 43.0 Å². The van der Waals surface area contributed by atoms with Gasteiger partial charge in [0.05, 0.1) is 15.8 Å². The van der Waals surface area contributed by atoms with Gasteiger partial charge in [-0.1, -0.05) is 29.5 Å². The van der Waals surface area contributed by atoms with E-state index in [-0.39, 0.29) is 5.91 Å². The minimum Gasteiger partial charge on any atom is -0.309 e. The lowest BCUT2D eigenvalue weighted by molar-refractivity contribution is 0.0985. The zero-order valence-corrected chi connectivity index (χ0v) is 18.2. The minimum atomic E-state index is 0.0181. The fourth-order valence-corrected chi connectivity index (χ4v) is 4.45. The number of aromatic nitrogens is 1. The second-order valence-corrected chi connectivity index (χ2v) is 8.73. The summed E-state index contributed by atoms with van der Waals surface area (Å²) in [4.78, 5) is 22.0. The molecule has 1 heterocycles. The standard InChI is InChI=1S/C20H22IN3OS/c1-14-9-10-17-18(13-14)26-20(22-17)24(12-6-11-23(2)3)19(25)15-7-4-5-8-16(15)21/h4-5,7-10,13H,6,11-12H2,1-3H3. The molecule has 0 spiro atoms. The summed E-state index contributed by atoms with van der Waals surface area (Å²) in [7, 11) is 4.10. The Morgan fingerprint density at radius 2 is 1.92 bits per heavy atom. The van der Waals surface area contributed by atoms with Gasteiger partial charge < -0.3 is 4.90 Å². The van der Waals surface area contributed by atoms with E-state index in [4.69, 9.17) is 4.98 Å². The molecule has 136 valence electrons. The summed E-state index contributed by atoms with van der Waals surface area (Å²) in [6.07, 6.45) is 0.900. The molecule has 0 bridgehead atoms. The van der Waals surface area contributed by atoms with E-state index < -0.39 is 0 Å². The molecule has 4 nitrogen and oxygen atoms in total. The smallest absolute Gasteiger partial charge is 0.261 e. The number of rotatable bonds is 6. The molecule has 0 radical (unpaired) electrons. The predicted molar refractivity (Wildman–Crippen MR) is 118 cm³/mol. The molecule has 0 N–H and O–H groups in total. The summed E-state index contributed by atoms with van der Waals surface area (Å²) >= 11 is 3.81. The average molecular weight is 479 g/mol. The van der Waals surface area contributed by atoms with Gasteiger partial charge in [0.15, 0.2) is 5.13 Å². The molecule has 0 aliphatic carbocycles. The van der Waals surface area contributed by atoms with E-state index in [1.807, 2.05) is 49.3 Å². The van der Waals surface area contributed by atoms with Crippen LogP contribution < -0.4 is 4.90 Å². The van der Waals surface area contributed by atoms with Gasteiger partial charge in [0.25, 0.3) is 5.91 Å². The van der Waals surface area contributed by atoms with Crippen LogP contribution in [0.25, 0.3) is 10.2 Å². The summed E-state index contributed by atoms with van der Waals surface area (Å²) in [6, 6.07) is 13.9. The van der Waals surface area contributed by atoms with Gasteiger partial charge in [-0.2, -0.15) is 0 Å². The second kappa shape index (κ2) is 8.45. The van der Waals surface area contributed by atoms with Gasteiger partial charge in [-0.25, -0.2) is 4.98 Å². The van der Waals surface area contributed by atoms with E-state index in [2.05, 4.69) is 46.5 Å². The number of carbonyl (C=O) groups is 1. The lowest BCUT2D eigenvalue weighted by atomic mass is 10.2. The van der Waals surface area contributed by atoms with Crippen molar-refractivity contribution in [1.82, 2.24) is 9.88 Å². The third-order valence-electron chi connectivity index (χ3n) is 4.10. The molecule has 0 unspecified atom stereocenters. The van der Waals surface area contributed by atoms with E-state index in [0.29, 0.717) is 6.54 Å². The number of hydrogen-bond acceptors (Lipinski definition) is 4. The lowest BCUT2D eigenvalue weighted by Gasteiger charge is -2.21. The second-order valence-electron chi connectivity index (χ2n) is 6.56. The normalized spacial score (nSPS) is 11.3. The van der Waals surface area contributed by atoms with Crippen LogP contribution >= 0.6 is 33.9 Å². The van der Waals surface area contributed by atoms with Crippen LogP contribution in [0.1, 0.15) is 22.3 Å². The highest BCUT2D eigenvalue weighted by molar-refractivity contribution is 14.1. The van der Waals surface area contributed by atoms with E-state index in [9.17, 15) is 4.79 Å². The number of aryl methyl sites for hydroxylation is 1. The highest BCUT2D eigenvalue weighted by Crippen LogP contribution is 2.31. The first-order valence-corrected chi connectivity index (χ1v) is 10.4. The Balaban J connectivity index is 1.96. The van der Waals surface area contributed by atoms with Crippen molar-refractivity contribution >= 4 is 55.2 Å². The van der Waals surface area contributed by atoms with Gasteiger partial charge in [-0.05, 0) is 86.4 Å². The van der Waals surface area contributed by atoms with Crippen LogP contribution in [0.4, 0.5) is 5.13 Å². The van der Waals surface area contributed by atoms with E-state index in [1.54, 1.807) is 11.3 Å². The Morgan fingerprint density at radius 3 is 2.65 bits per heavy atom. The van der Waals surface area contributed by atoms with Crippen molar-refractivity contribution in [2.24, 2.45) is 0 Å². The third-order valence-corrected chi connectivity index (χ3v) is 6.08. The largest absolute Gasteiger partial charge is 0.309 e. The third kappa shape index (κ3) is 4.42. The first-order valence-electron chi connectivity index (χ1n) is 8.54. The first kappa shape index (κ1) is 19.3. The SMILES string of the molecule is Cc1ccc2nc(N(CCCN(C)C)C(=O)c3ccccc3I)sc2c1. The summed E-state index contributed by atoms with van der Waals surface area (Å²) < 4.78 is 2.08. The van der Waals surface area contributed by atoms with E-state index in [0.717, 1.165) is 37.4 Å². The van der Waals surface area contributed by atoms with Gasteiger partial charge >= 0.3 is 0 Å². The molecule has 1 aromatic heterocycles. The Labute approximate surface area is 172 Å². The number of anilines is 1. The van der Waals surface area contributed by atoms with Crippen molar-refractivity contribution in [1.29, 1.82) is 0 Å². The van der Waals surface area contributed by atoms with Crippen LogP contribution in [-0.2, 0) is 0 Å². The van der Waals surface area contributed by atoms with E-state index in [1.165, 1.54) is 5.56 Å². The Kier molecular flexibility index (Phi) is 6.26. The highest BCUT2D eigenvalue weighted by atomic mass is 127. The van der Waals surface area contributed by atoms with Crippen LogP contribution in [0.15, 0.2) is 42.5 Å². The first-order chi connectivity index (χ1) is 12.5. The van der Waals surface area contributed by atoms with Gasteiger partial charge in [-0.3, -0.25) is 9.69 Å². The van der Waals surface area contributed by atoms with Crippen molar-refractivity contribution in [2.45, 2.75) is 13.3 Å². The maximum Gasteiger partial charge on any atom is 0.261 e. The number of halogens is 1.